The third-order valence-corrected chi connectivity index (χ3v) is 5.90. The number of benzene rings is 3. The molecular formula is C30H32N6O4. The van der Waals surface area contributed by atoms with Crippen molar-refractivity contribution in [3.8, 4) is 0 Å². The summed E-state index contributed by atoms with van der Waals surface area (Å²) in [5, 5.41) is 15.4. The number of amides is 1. The first-order valence-corrected chi connectivity index (χ1v) is 12.8. The Labute approximate surface area is 233 Å². The third kappa shape index (κ3) is 7.31. The van der Waals surface area contributed by atoms with E-state index in [4.69, 9.17) is 4.74 Å². The summed E-state index contributed by atoms with van der Waals surface area (Å²) in [7, 11) is 1.62. The van der Waals surface area contributed by atoms with Crippen LogP contribution in [0.2, 0.25) is 0 Å². The lowest BCUT2D eigenvalue weighted by molar-refractivity contribution is -0.383. The number of nitro groups is 1. The van der Waals surface area contributed by atoms with E-state index in [-0.39, 0.29) is 17.3 Å². The number of hydrogen-bond donors (Lipinski definition) is 1. The molecule has 10 nitrogen and oxygen atoms in total. The average molecular weight is 541 g/mol. The number of rotatable bonds is 9. The molecule has 1 aromatic heterocycles. The minimum atomic E-state index is -0.620. The molecule has 10 heteroatoms. The normalized spacial score (nSPS) is 11.0. The Morgan fingerprint density at radius 1 is 0.900 bits per heavy atom. The van der Waals surface area contributed by atoms with Crippen molar-refractivity contribution in [2.75, 3.05) is 22.2 Å². The Morgan fingerprint density at radius 2 is 1.45 bits per heavy atom. The van der Waals surface area contributed by atoms with Crippen LogP contribution in [-0.2, 0) is 17.8 Å². The first-order valence-electron chi connectivity index (χ1n) is 12.8. The SMILES string of the molecule is CN(C(=O)OC(C)(C)C)c1ccc(Nc2ncnc(N(Cc3ccccc3)Cc3ccccc3)c2[N+](=O)[O-])cc1. The lowest BCUT2D eigenvalue weighted by atomic mass is 10.1. The second kappa shape index (κ2) is 12.2. The highest BCUT2D eigenvalue weighted by molar-refractivity contribution is 5.87. The number of aromatic nitrogens is 2. The highest BCUT2D eigenvalue weighted by atomic mass is 16.6. The van der Waals surface area contributed by atoms with Crippen molar-refractivity contribution in [1.29, 1.82) is 0 Å². The molecule has 0 fully saturated rings. The van der Waals surface area contributed by atoms with Gasteiger partial charge < -0.3 is 15.0 Å². The molecule has 40 heavy (non-hydrogen) atoms. The van der Waals surface area contributed by atoms with Crippen molar-refractivity contribution < 1.29 is 14.5 Å². The van der Waals surface area contributed by atoms with Crippen molar-refractivity contribution in [3.63, 3.8) is 0 Å². The zero-order valence-corrected chi connectivity index (χ0v) is 22.9. The number of nitrogens with zero attached hydrogens (tertiary/aromatic N) is 5. The van der Waals surface area contributed by atoms with E-state index in [9.17, 15) is 14.9 Å². The van der Waals surface area contributed by atoms with E-state index in [2.05, 4.69) is 15.3 Å². The Bertz CT molecular complexity index is 1400. The number of nitrogens with one attached hydrogen (secondary N) is 1. The van der Waals surface area contributed by atoms with Gasteiger partial charge in [-0.3, -0.25) is 15.0 Å². The largest absolute Gasteiger partial charge is 0.443 e. The Kier molecular flexibility index (Phi) is 8.58. The van der Waals surface area contributed by atoms with E-state index >= 15 is 0 Å². The highest BCUT2D eigenvalue weighted by Gasteiger charge is 2.28. The smallest absolute Gasteiger partial charge is 0.414 e. The molecule has 4 aromatic rings. The molecule has 0 aliphatic heterocycles. The van der Waals surface area contributed by atoms with Crippen LogP contribution in [0.5, 0.6) is 0 Å². The number of carbonyl (C=O) groups is 1. The van der Waals surface area contributed by atoms with Gasteiger partial charge in [-0.05, 0) is 56.2 Å². The molecule has 0 saturated carbocycles. The highest BCUT2D eigenvalue weighted by Crippen LogP contribution is 2.35. The molecular weight excluding hydrogens is 508 g/mol. The average Bonchev–Trinajstić information content (AvgIpc) is 2.93. The van der Waals surface area contributed by atoms with Crippen LogP contribution in [0.1, 0.15) is 31.9 Å². The van der Waals surface area contributed by atoms with Gasteiger partial charge >= 0.3 is 11.8 Å². The summed E-state index contributed by atoms with van der Waals surface area (Å²) in [5.41, 5.74) is 2.30. The summed E-state index contributed by atoms with van der Waals surface area (Å²) in [5.74, 6) is 0.269. The van der Waals surface area contributed by atoms with E-state index in [1.165, 1.54) is 11.2 Å². The van der Waals surface area contributed by atoms with Gasteiger partial charge in [0.25, 0.3) is 0 Å². The van der Waals surface area contributed by atoms with Crippen molar-refractivity contribution in [1.82, 2.24) is 9.97 Å². The second-order valence-electron chi connectivity index (χ2n) is 10.2. The first kappa shape index (κ1) is 28.0. The molecule has 0 saturated heterocycles. The van der Waals surface area contributed by atoms with Gasteiger partial charge in [0.2, 0.25) is 11.6 Å². The molecule has 1 heterocycles. The molecule has 206 valence electrons. The molecule has 1 N–H and O–H groups in total. The van der Waals surface area contributed by atoms with E-state index in [1.807, 2.05) is 65.6 Å². The monoisotopic (exact) mass is 540 g/mol. The van der Waals surface area contributed by atoms with Crippen molar-refractivity contribution in [2.45, 2.75) is 39.5 Å². The van der Waals surface area contributed by atoms with Crippen molar-refractivity contribution in [2.24, 2.45) is 0 Å². The Morgan fingerprint density at radius 3 is 1.95 bits per heavy atom. The second-order valence-corrected chi connectivity index (χ2v) is 10.2. The van der Waals surface area contributed by atoms with Gasteiger partial charge in [-0.15, -0.1) is 0 Å². The van der Waals surface area contributed by atoms with Crippen LogP contribution in [0.15, 0.2) is 91.3 Å². The van der Waals surface area contributed by atoms with E-state index in [1.54, 1.807) is 52.1 Å². The quantitative estimate of drug-likeness (QED) is 0.184. The molecule has 0 unspecified atom stereocenters. The predicted octanol–water partition coefficient (Wildman–Crippen LogP) is 6.71. The number of hydrogen-bond acceptors (Lipinski definition) is 8. The summed E-state index contributed by atoms with van der Waals surface area (Å²) in [6.45, 7) is 6.23. The van der Waals surface area contributed by atoms with Gasteiger partial charge in [0.1, 0.15) is 11.9 Å². The Balaban J connectivity index is 1.63. The van der Waals surface area contributed by atoms with Crippen LogP contribution in [0.4, 0.5) is 33.5 Å². The van der Waals surface area contributed by atoms with Gasteiger partial charge in [0, 0.05) is 31.5 Å². The van der Waals surface area contributed by atoms with Crippen LogP contribution in [0.25, 0.3) is 0 Å². The maximum absolute atomic E-state index is 12.4. The van der Waals surface area contributed by atoms with Crippen molar-refractivity contribution in [3.05, 3.63) is 112 Å². The van der Waals surface area contributed by atoms with E-state index in [0.29, 0.717) is 24.5 Å². The minimum Gasteiger partial charge on any atom is -0.443 e. The molecule has 0 spiro atoms. The lowest BCUT2D eigenvalue weighted by Crippen LogP contribution is -2.34. The maximum Gasteiger partial charge on any atom is 0.414 e. The predicted molar refractivity (Wildman–Crippen MR) is 156 cm³/mol. The van der Waals surface area contributed by atoms with Gasteiger partial charge in [-0.1, -0.05) is 60.7 Å². The summed E-state index contributed by atoms with van der Waals surface area (Å²) in [6.07, 6.45) is 0.833. The third-order valence-electron chi connectivity index (χ3n) is 5.90. The standard InChI is InChI=1S/C30H32N6O4/c1-30(2,3)40-29(37)34(4)25-17-15-24(16-18-25)33-27-26(36(38)39)28(32-21-31-27)35(19-22-11-7-5-8-12-22)20-23-13-9-6-10-14-23/h5-18,21H,19-20H2,1-4H3,(H,31,32,33). The lowest BCUT2D eigenvalue weighted by Gasteiger charge is -2.25. The van der Waals surface area contributed by atoms with Gasteiger partial charge in [-0.2, -0.15) is 0 Å². The van der Waals surface area contributed by atoms with Crippen LogP contribution in [0.3, 0.4) is 0 Å². The molecule has 0 aliphatic carbocycles. The van der Waals surface area contributed by atoms with Crippen LogP contribution in [0, 0.1) is 10.1 Å². The first-order chi connectivity index (χ1) is 19.1. The van der Waals surface area contributed by atoms with Crippen LogP contribution >= 0.6 is 0 Å². The molecule has 0 aliphatic rings. The summed E-state index contributed by atoms with van der Waals surface area (Å²) >= 11 is 0. The zero-order chi connectivity index (χ0) is 28.7. The van der Waals surface area contributed by atoms with Crippen LogP contribution in [-0.4, -0.2) is 33.6 Å². The van der Waals surface area contributed by atoms with E-state index in [0.717, 1.165) is 11.1 Å². The fraction of sp³-hybridized carbons (Fsp3) is 0.233. The molecule has 0 radical (unpaired) electrons. The van der Waals surface area contributed by atoms with Gasteiger partial charge in [-0.25, -0.2) is 14.8 Å². The number of ether oxygens (including phenoxy) is 1. The van der Waals surface area contributed by atoms with Crippen molar-refractivity contribution >= 4 is 34.8 Å². The molecule has 0 bridgehead atoms. The minimum absolute atomic E-state index is 0.0642. The summed E-state index contributed by atoms with van der Waals surface area (Å²) < 4.78 is 5.42. The van der Waals surface area contributed by atoms with Gasteiger partial charge in [0.05, 0.1) is 4.92 Å². The van der Waals surface area contributed by atoms with E-state index < -0.39 is 16.6 Å². The fourth-order valence-corrected chi connectivity index (χ4v) is 4.01. The van der Waals surface area contributed by atoms with Gasteiger partial charge in [0.15, 0.2) is 0 Å². The number of carbonyl (C=O) groups excluding carboxylic acids is 1. The van der Waals surface area contributed by atoms with Crippen LogP contribution < -0.4 is 15.1 Å². The zero-order valence-electron chi connectivity index (χ0n) is 22.9. The topological polar surface area (TPSA) is 114 Å². The molecule has 4 rings (SSSR count). The maximum atomic E-state index is 12.4. The molecule has 0 atom stereocenters. The Hall–Kier alpha value is -4.99. The summed E-state index contributed by atoms with van der Waals surface area (Å²) in [6, 6.07) is 26.3. The number of anilines is 4. The summed E-state index contributed by atoms with van der Waals surface area (Å²) in [4.78, 5) is 36.1. The molecule has 3 aromatic carbocycles. The molecule has 1 amide bonds. The fourth-order valence-electron chi connectivity index (χ4n) is 4.01.